The van der Waals surface area contributed by atoms with Crippen LogP contribution in [0.3, 0.4) is 0 Å². The van der Waals surface area contributed by atoms with Crippen LogP contribution in [0, 0.1) is 34.3 Å². The molecule has 4 N–H and O–H groups in total. The van der Waals surface area contributed by atoms with E-state index in [2.05, 4.69) is 51.6 Å². The molecule has 2 aromatic carbocycles. The van der Waals surface area contributed by atoms with Crippen molar-refractivity contribution in [2.45, 2.75) is 59.7 Å². The average Bonchev–Trinajstić information content (AvgIpc) is 3.07. The van der Waals surface area contributed by atoms with Gasteiger partial charge >= 0.3 is 7.12 Å². The van der Waals surface area contributed by atoms with E-state index in [1.807, 2.05) is 34.6 Å². The smallest absolute Gasteiger partial charge is 0.400 e. The summed E-state index contributed by atoms with van der Waals surface area (Å²) in [4.78, 5) is 0. The first-order valence-corrected chi connectivity index (χ1v) is 13.5. The van der Waals surface area contributed by atoms with E-state index < -0.39 is 11.6 Å². The van der Waals surface area contributed by atoms with Crippen LogP contribution < -0.4 is 11.5 Å². The maximum absolute atomic E-state index is 13.8. The highest BCUT2D eigenvalue weighted by molar-refractivity contribution is 9.11. The monoisotopic (exact) mass is 676 g/mol. The highest BCUT2D eigenvalue weighted by Gasteiger charge is 2.51. The van der Waals surface area contributed by atoms with Gasteiger partial charge in [0.1, 0.15) is 12.1 Å². The fraction of sp³-hybridized carbons (Fsp3) is 0.310. The number of rotatable bonds is 3. The van der Waals surface area contributed by atoms with Gasteiger partial charge in [-0.1, -0.05) is 18.6 Å². The maximum atomic E-state index is 13.8. The molecule has 1 fully saturated rings. The molecule has 0 aromatic heterocycles. The van der Waals surface area contributed by atoms with Crippen molar-refractivity contribution in [1.82, 2.24) is 0 Å². The van der Waals surface area contributed by atoms with Gasteiger partial charge in [0.05, 0.1) is 32.5 Å². The first-order chi connectivity index (χ1) is 18.2. The second-order valence-electron chi connectivity index (χ2n) is 10.2. The molecule has 1 aliphatic rings. The number of hydrogen-bond donors (Lipinski definition) is 2. The van der Waals surface area contributed by atoms with Crippen LogP contribution in [-0.2, 0) is 9.31 Å². The summed E-state index contributed by atoms with van der Waals surface area (Å²) < 4.78 is 38.9. The number of nitriles is 2. The lowest BCUT2D eigenvalue weighted by Crippen LogP contribution is -2.41. The Hall–Kier alpha value is -2.96. The van der Waals surface area contributed by atoms with Crippen LogP contribution in [0.15, 0.2) is 46.3 Å². The minimum absolute atomic E-state index is 0.0369. The third kappa shape index (κ3) is 7.83. The fourth-order valence-electron chi connectivity index (χ4n) is 3.26. The van der Waals surface area contributed by atoms with Gasteiger partial charge in [-0.2, -0.15) is 10.5 Å². The zero-order chi connectivity index (χ0) is 31.3. The zero-order valence-electron chi connectivity index (χ0n) is 23.7. The molecular weight excluding hydrogens is 645 g/mol. The minimum Gasteiger partial charge on any atom is -0.400 e. The molecule has 0 saturated carbocycles. The Morgan fingerprint density at radius 2 is 1.30 bits per heavy atom. The Bertz CT molecular complexity index is 1430. The summed E-state index contributed by atoms with van der Waals surface area (Å²) in [6.45, 7) is 24.7. The van der Waals surface area contributed by atoms with E-state index in [0.29, 0.717) is 21.2 Å². The van der Waals surface area contributed by atoms with Gasteiger partial charge in [-0.05, 0) is 104 Å². The molecular formula is C29H33BBr2F2N4O2. The summed E-state index contributed by atoms with van der Waals surface area (Å²) in [6.07, 6.45) is 0. The summed E-state index contributed by atoms with van der Waals surface area (Å²) in [5, 5.41) is 17.3. The fourth-order valence-corrected chi connectivity index (χ4v) is 4.38. The van der Waals surface area contributed by atoms with Gasteiger partial charge in [0.25, 0.3) is 0 Å². The second-order valence-corrected chi connectivity index (χ2v) is 11.9. The van der Waals surface area contributed by atoms with Crippen molar-refractivity contribution >= 4 is 61.5 Å². The quantitative estimate of drug-likeness (QED) is 0.192. The van der Waals surface area contributed by atoms with Gasteiger partial charge in [0.2, 0.25) is 0 Å². The molecule has 212 valence electrons. The van der Waals surface area contributed by atoms with Gasteiger partial charge in [0, 0.05) is 21.3 Å². The molecule has 40 heavy (non-hydrogen) atoms. The molecule has 11 heteroatoms. The van der Waals surface area contributed by atoms with Crippen molar-refractivity contribution in [1.29, 1.82) is 10.5 Å². The number of halogens is 4. The number of nitrogens with two attached hydrogens (primary N) is 2. The van der Waals surface area contributed by atoms with E-state index >= 15 is 0 Å². The minimum atomic E-state index is -0.627. The average molecular weight is 678 g/mol. The van der Waals surface area contributed by atoms with Gasteiger partial charge in [-0.25, -0.2) is 8.78 Å². The standard InChI is InChI=1S/C13H13FN2.C9H17BO2.C7H3Br2FN2/c1-7(2)10-5-9(6-15)12(14)11(8(3)4)13(10)16;1-7(2)10-11-8(3,4)9(5,6)12-10;8-4-1-3(2-11)6(10)5(9)7(4)12/h5H,1,3,16H2,2,4H3;1H2,2-6H3;1H,12H2. The van der Waals surface area contributed by atoms with Crippen LogP contribution in [0.25, 0.3) is 11.1 Å². The van der Waals surface area contributed by atoms with Crippen LogP contribution in [-0.4, -0.2) is 18.3 Å². The van der Waals surface area contributed by atoms with Gasteiger partial charge in [-0.3, -0.25) is 0 Å². The van der Waals surface area contributed by atoms with Gasteiger partial charge in [-0.15, -0.1) is 6.58 Å². The van der Waals surface area contributed by atoms with E-state index in [0.717, 1.165) is 5.47 Å². The Balaban J connectivity index is 0.000000305. The number of nitrogens with zero attached hydrogens (tertiary/aromatic N) is 2. The first kappa shape index (κ1) is 35.1. The van der Waals surface area contributed by atoms with Crippen molar-refractivity contribution in [3.63, 3.8) is 0 Å². The molecule has 0 amide bonds. The lowest BCUT2D eigenvalue weighted by molar-refractivity contribution is 0.00578. The number of anilines is 2. The lowest BCUT2D eigenvalue weighted by Gasteiger charge is -2.32. The zero-order valence-corrected chi connectivity index (χ0v) is 26.9. The molecule has 1 heterocycles. The number of nitrogen functional groups attached to an aromatic ring is 2. The molecule has 0 unspecified atom stereocenters. The molecule has 6 nitrogen and oxygen atoms in total. The largest absolute Gasteiger partial charge is 0.489 e. The number of benzene rings is 2. The van der Waals surface area contributed by atoms with Gasteiger partial charge in [0.15, 0.2) is 11.6 Å². The summed E-state index contributed by atoms with van der Waals surface area (Å²) in [7, 11) is -0.241. The molecule has 1 saturated heterocycles. The predicted molar refractivity (Wildman–Crippen MR) is 167 cm³/mol. The maximum Gasteiger partial charge on any atom is 0.489 e. The lowest BCUT2D eigenvalue weighted by atomic mass is 9.81. The first-order valence-electron chi connectivity index (χ1n) is 11.9. The third-order valence-corrected chi connectivity index (χ3v) is 7.71. The van der Waals surface area contributed by atoms with Crippen molar-refractivity contribution in [3.8, 4) is 12.1 Å². The highest BCUT2D eigenvalue weighted by atomic mass is 79.9. The highest BCUT2D eigenvalue weighted by Crippen LogP contribution is 2.38. The van der Waals surface area contributed by atoms with Crippen LogP contribution in [0.4, 0.5) is 20.2 Å². The predicted octanol–water partition coefficient (Wildman–Crippen LogP) is 8.34. The van der Waals surface area contributed by atoms with Crippen LogP contribution >= 0.6 is 31.9 Å². The van der Waals surface area contributed by atoms with Crippen LogP contribution in [0.5, 0.6) is 0 Å². The molecule has 3 rings (SSSR count). The van der Waals surface area contributed by atoms with Crippen molar-refractivity contribution < 1.29 is 18.1 Å². The molecule has 0 spiro atoms. The normalized spacial score (nSPS) is 14.5. The topological polar surface area (TPSA) is 118 Å². The second kappa shape index (κ2) is 13.6. The third-order valence-electron chi connectivity index (χ3n) is 6.28. The molecule has 0 bridgehead atoms. The van der Waals surface area contributed by atoms with Crippen molar-refractivity contribution in [2.24, 2.45) is 0 Å². The Kier molecular flexibility index (Phi) is 11.9. The van der Waals surface area contributed by atoms with Crippen LogP contribution in [0.2, 0.25) is 0 Å². The van der Waals surface area contributed by atoms with E-state index in [-0.39, 0.29) is 50.9 Å². The van der Waals surface area contributed by atoms with E-state index in [1.165, 1.54) is 12.1 Å². The van der Waals surface area contributed by atoms with Gasteiger partial charge < -0.3 is 20.8 Å². The summed E-state index contributed by atoms with van der Waals surface area (Å²) >= 11 is 6.04. The Morgan fingerprint density at radius 1 is 0.850 bits per heavy atom. The molecule has 0 radical (unpaired) electrons. The Labute approximate surface area is 252 Å². The number of allylic oxidation sites excluding steroid dienone is 3. The molecule has 0 aliphatic carbocycles. The number of hydrogen-bond acceptors (Lipinski definition) is 6. The van der Waals surface area contributed by atoms with E-state index in [1.54, 1.807) is 26.0 Å². The van der Waals surface area contributed by atoms with Crippen molar-refractivity contribution in [2.75, 3.05) is 11.5 Å². The summed E-state index contributed by atoms with van der Waals surface area (Å²) in [5.74, 6) is -1.24. The SMILES string of the molecule is C=C(C)B1OC(C)(C)C(C)(C)O1.C=C(C)c1cc(C#N)c(F)c(C(=C)C)c1N.N#Cc1cc(Br)c(N)c(Br)c1F. The van der Waals surface area contributed by atoms with E-state index in [4.69, 9.17) is 31.3 Å². The van der Waals surface area contributed by atoms with E-state index in [9.17, 15) is 8.78 Å². The Morgan fingerprint density at radius 3 is 1.65 bits per heavy atom. The van der Waals surface area contributed by atoms with Crippen LogP contribution in [0.1, 0.15) is 70.7 Å². The summed E-state index contributed by atoms with van der Waals surface area (Å²) in [5.41, 5.74) is 14.2. The molecule has 0 atom stereocenters. The molecule has 1 aliphatic heterocycles. The molecule has 2 aromatic rings. The summed E-state index contributed by atoms with van der Waals surface area (Å²) in [6, 6.07) is 6.27. The van der Waals surface area contributed by atoms with Crippen molar-refractivity contribution in [3.05, 3.63) is 80.2 Å².